The molecule has 0 aliphatic heterocycles. The third kappa shape index (κ3) is 1.13. The summed E-state index contributed by atoms with van der Waals surface area (Å²) in [5.74, 6) is 0. The molecule has 0 fully saturated rings. The number of hydrogen-bond donors (Lipinski definition) is 0. The van der Waals surface area contributed by atoms with Crippen molar-refractivity contribution in [1.29, 1.82) is 0 Å². The second-order valence-corrected chi connectivity index (χ2v) is 3.17. The Morgan fingerprint density at radius 3 is 2.75 bits per heavy atom. The van der Waals surface area contributed by atoms with E-state index >= 15 is 0 Å². The Bertz CT molecular complexity index is 165. The summed E-state index contributed by atoms with van der Waals surface area (Å²) in [6, 6.07) is 4.06. The predicted molar refractivity (Wildman–Crippen MR) is 28.6 cm³/mol. The predicted octanol–water partition coefficient (Wildman–Crippen LogP) is 0.562. The zero-order valence-corrected chi connectivity index (χ0v) is 7.85. The molecule has 0 aromatic carbocycles. The normalized spacial score (nSPS) is 9.38. The van der Waals surface area contributed by atoms with Crippen molar-refractivity contribution in [2.75, 3.05) is 0 Å². The first-order valence-electron chi connectivity index (χ1n) is 2.54. The second-order valence-electron chi connectivity index (χ2n) is 1.77. The fourth-order valence-electron chi connectivity index (χ4n) is 0.518. The average Bonchev–Trinajstić information content (AvgIpc) is 1.77. The van der Waals surface area contributed by atoms with E-state index in [1.165, 1.54) is 9.85 Å². The van der Waals surface area contributed by atoms with Crippen molar-refractivity contribution in [3.63, 3.8) is 0 Å². The third-order valence-electron chi connectivity index (χ3n) is 1.12. The van der Waals surface area contributed by atoms with Crippen LogP contribution in [0.3, 0.4) is 0 Å². The van der Waals surface area contributed by atoms with Crippen molar-refractivity contribution in [2.45, 2.75) is 6.92 Å². The molecule has 37 valence electrons. The fraction of sp³-hybridized carbons (Fsp3) is 0.167. The van der Waals surface area contributed by atoms with Crippen molar-refractivity contribution >= 4 is 4.29 Å². The van der Waals surface area contributed by atoms with Crippen LogP contribution in [0.15, 0.2) is 18.3 Å². The number of aromatic nitrogens is 1. The van der Waals surface area contributed by atoms with Gasteiger partial charge in [-0.3, -0.25) is 0 Å². The van der Waals surface area contributed by atoms with Gasteiger partial charge >= 0.3 is 58.4 Å². The standard InChI is InChI=1S/C6H6N.Zn/c1-6-3-2-4-7-5-6;/h2-4H,1H3;. The quantitative estimate of drug-likeness (QED) is 0.502. The molecule has 1 aromatic heterocycles. The van der Waals surface area contributed by atoms with Gasteiger partial charge in [-0.1, -0.05) is 0 Å². The van der Waals surface area contributed by atoms with Gasteiger partial charge in [0, 0.05) is 0 Å². The molecule has 0 radical (unpaired) electrons. The molecule has 0 unspecified atom stereocenters. The van der Waals surface area contributed by atoms with Gasteiger partial charge < -0.3 is 0 Å². The van der Waals surface area contributed by atoms with Crippen LogP contribution >= 0.6 is 0 Å². The van der Waals surface area contributed by atoms with Crippen LogP contribution in [0.5, 0.6) is 0 Å². The fourth-order valence-corrected chi connectivity index (χ4v) is 0.987. The SMILES string of the molecule is Cc1cccn[c]1[Zn]. The number of nitrogens with zero attached hydrogens (tertiary/aromatic N) is 1. The van der Waals surface area contributed by atoms with Crippen LogP contribution in [0, 0.1) is 6.92 Å². The zero-order valence-electron chi connectivity index (χ0n) is 4.89. The molecule has 0 bridgehead atoms. The Morgan fingerprint density at radius 1 is 1.62 bits per heavy atom. The molecule has 0 atom stereocenters. The van der Waals surface area contributed by atoms with E-state index in [-0.39, 0.29) is 0 Å². The van der Waals surface area contributed by atoms with E-state index in [0.717, 1.165) is 18.3 Å². The van der Waals surface area contributed by atoms with Crippen molar-refractivity contribution in [1.82, 2.24) is 4.98 Å². The molecule has 0 aliphatic carbocycles. The van der Waals surface area contributed by atoms with Crippen LogP contribution in [-0.4, -0.2) is 4.98 Å². The number of hydrogen-bond acceptors (Lipinski definition) is 1. The summed E-state index contributed by atoms with van der Waals surface area (Å²) in [5.41, 5.74) is 1.31. The second kappa shape index (κ2) is 2.36. The molecule has 2 heteroatoms. The van der Waals surface area contributed by atoms with Gasteiger partial charge in [-0.25, -0.2) is 0 Å². The summed E-state index contributed by atoms with van der Waals surface area (Å²) < 4.78 is 1.24. The van der Waals surface area contributed by atoms with E-state index < -0.39 is 0 Å². The van der Waals surface area contributed by atoms with Crippen LogP contribution in [0.4, 0.5) is 0 Å². The Hall–Kier alpha value is -0.227. The van der Waals surface area contributed by atoms with E-state index in [9.17, 15) is 0 Å². The summed E-state index contributed by atoms with van der Waals surface area (Å²) in [7, 11) is 0. The number of pyridine rings is 1. The molecule has 1 rings (SSSR count). The molecule has 1 heterocycles. The van der Waals surface area contributed by atoms with Crippen LogP contribution < -0.4 is 4.29 Å². The number of aryl methyl sites for hydroxylation is 1. The Morgan fingerprint density at radius 2 is 2.38 bits per heavy atom. The van der Waals surface area contributed by atoms with Crippen molar-refractivity contribution in [3.05, 3.63) is 23.9 Å². The maximum atomic E-state index is 4.13. The minimum absolute atomic E-state index is 1.16. The van der Waals surface area contributed by atoms with Gasteiger partial charge in [-0.15, -0.1) is 0 Å². The van der Waals surface area contributed by atoms with Crippen molar-refractivity contribution in [2.24, 2.45) is 0 Å². The van der Waals surface area contributed by atoms with Crippen molar-refractivity contribution < 1.29 is 18.3 Å². The van der Waals surface area contributed by atoms with Gasteiger partial charge in [0.15, 0.2) is 0 Å². The molecular formula is C6H6NZn. The molecule has 0 saturated carbocycles. The van der Waals surface area contributed by atoms with Gasteiger partial charge in [0.1, 0.15) is 0 Å². The van der Waals surface area contributed by atoms with E-state index in [2.05, 4.69) is 18.0 Å². The van der Waals surface area contributed by atoms with Crippen LogP contribution in [0.1, 0.15) is 5.56 Å². The van der Waals surface area contributed by atoms with E-state index in [0.29, 0.717) is 0 Å². The molecule has 8 heavy (non-hydrogen) atoms. The zero-order chi connectivity index (χ0) is 5.98. The average molecular weight is 158 g/mol. The topological polar surface area (TPSA) is 12.9 Å². The molecular weight excluding hydrogens is 151 g/mol. The molecule has 0 aliphatic rings. The summed E-state index contributed by atoms with van der Waals surface area (Å²) in [6.07, 6.45) is 1.84. The maximum absolute atomic E-state index is 4.13. The van der Waals surface area contributed by atoms with E-state index in [1.54, 1.807) is 0 Å². The summed E-state index contributed by atoms with van der Waals surface area (Å²) in [5, 5.41) is 0. The van der Waals surface area contributed by atoms with Gasteiger partial charge in [-0.05, 0) is 0 Å². The molecule has 0 amide bonds. The first-order chi connectivity index (χ1) is 3.80. The first-order valence-corrected chi connectivity index (χ1v) is 4.02. The van der Waals surface area contributed by atoms with Crippen LogP contribution in [0.2, 0.25) is 0 Å². The molecule has 1 nitrogen and oxygen atoms in total. The third-order valence-corrected chi connectivity index (χ3v) is 2.67. The molecule has 1 aromatic rings. The number of rotatable bonds is 0. The Balaban J connectivity index is 3.13. The van der Waals surface area contributed by atoms with E-state index in [1.807, 2.05) is 12.3 Å². The Kier molecular flexibility index (Phi) is 1.74. The van der Waals surface area contributed by atoms with Gasteiger partial charge in [-0.2, -0.15) is 0 Å². The van der Waals surface area contributed by atoms with Crippen LogP contribution in [0.25, 0.3) is 0 Å². The van der Waals surface area contributed by atoms with Crippen LogP contribution in [-0.2, 0) is 18.3 Å². The molecule has 0 N–H and O–H groups in total. The summed E-state index contributed by atoms with van der Waals surface area (Å²) in [6.45, 7) is 2.09. The van der Waals surface area contributed by atoms with Gasteiger partial charge in [0.05, 0.1) is 0 Å². The van der Waals surface area contributed by atoms with Crippen molar-refractivity contribution in [3.8, 4) is 0 Å². The van der Waals surface area contributed by atoms with Gasteiger partial charge in [0.2, 0.25) is 0 Å². The molecule has 0 saturated heterocycles. The van der Waals surface area contributed by atoms with Gasteiger partial charge in [0.25, 0.3) is 0 Å². The first kappa shape index (κ1) is 5.90. The minimum atomic E-state index is 1.16. The monoisotopic (exact) mass is 156 g/mol. The van der Waals surface area contributed by atoms with E-state index in [4.69, 9.17) is 0 Å². The Labute approximate surface area is 58.8 Å². The molecule has 0 spiro atoms. The summed E-state index contributed by atoms with van der Waals surface area (Å²) >= 11 is 1.16. The summed E-state index contributed by atoms with van der Waals surface area (Å²) in [4.78, 5) is 4.13.